The van der Waals surface area contributed by atoms with E-state index in [0.29, 0.717) is 5.69 Å². The number of hydrogen-bond acceptors (Lipinski definition) is 4. The molecular weight excluding hydrogens is 242 g/mol. The van der Waals surface area contributed by atoms with Crippen LogP contribution in [0.4, 0.5) is 5.69 Å². The molecule has 0 amide bonds. The Morgan fingerprint density at radius 1 is 1.11 bits per heavy atom. The normalized spacial score (nSPS) is 16.8. The first-order valence-electron chi connectivity index (χ1n) is 6.27. The number of aliphatic hydroxyl groups excluding tert-OH is 1. The molecule has 3 N–H and O–H groups in total. The van der Waals surface area contributed by atoms with Crippen molar-refractivity contribution in [2.24, 2.45) is 11.8 Å². The molecule has 0 bridgehead atoms. The van der Waals surface area contributed by atoms with Crippen molar-refractivity contribution in [2.45, 2.75) is 20.8 Å². The number of carbonyl (C=O) groups excluding carboxylic acids is 2. The van der Waals surface area contributed by atoms with Gasteiger partial charge in [-0.1, -0.05) is 32.9 Å². The van der Waals surface area contributed by atoms with Crippen LogP contribution in [-0.4, -0.2) is 16.7 Å². The number of nitrogen functional groups attached to an aromatic ring is 1. The molecule has 1 aromatic rings. The van der Waals surface area contributed by atoms with Crippen molar-refractivity contribution in [1.82, 2.24) is 0 Å². The number of aliphatic hydroxyl groups is 1. The maximum absolute atomic E-state index is 12.1. The van der Waals surface area contributed by atoms with Crippen LogP contribution in [0.15, 0.2) is 23.8 Å². The van der Waals surface area contributed by atoms with Crippen molar-refractivity contribution in [3.05, 3.63) is 34.9 Å². The van der Waals surface area contributed by atoms with Crippen LogP contribution in [0.25, 0.3) is 5.76 Å². The fourth-order valence-electron chi connectivity index (χ4n) is 2.27. The third-order valence-corrected chi connectivity index (χ3v) is 3.74. The second kappa shape index (κ2) is 4.53. The topological polar surface area (TPSA) is 80.4 Å². The number of hydrogen-bond donors (Lipinski definition) is 2. The number of fused-ring (bicyclic) bond motifs is 1. The van der Waals surface area contributed by atoms with Gasteiger partial charge < -0.3 is 10.8 Å². The summed E-state index contributed by atoms with van der Waals surface area (Å²) in [5.41, 5.74) is 6.77. The average Bonchev–Trinajstić information content (AvgIpc) is 2.35. The summed E-state index contributed by atoms with van der Waals surface area (Å²) in [6.07, 6.45) is 0. The molecule has 0 saturated carbocycles. The molecule has 1 unspecified atom stereocenters. The quantitative estimate of drug-likeness (QED) is 0.632. The van der Waals surface area contributed by atoms with Crippen LogP contribution in [0, 0.1) is 11.8 Å². The number of ketones is 2. The van der Waals surface area contributed by atoms with Crippen molar-refractivity contribution in [3.8, 4) is 0 Å². The second-order valence-electron chi connectivity index (χ2n) is 5.22. The maximum atomic E-state index is 12.1. The third-order valence-electron chi connectivity index (χ3n) is 3.74. The maximum Gasteiger partial charge on any atom is 0.234 e. The van der Waals surface area contributed by atoms with Crippen LogP contribution in [0.2, 0.25) is 0 Å². The summed E-state index contributed by atoms with van der Waals surface area (Å²) >= 11 is 0. The fourth-order valence-corrected chi connectivity index (χ4v) is 2.27. The molecule has 1 aliphatic rings. The number of allylic oxidation sites excluding steroid dienone is 1. The lowest BCUT2D eigenvalue weighted by atomic mass is 9.79. The molecule has 4 nitrogen and oxygen atoms in total. The van der Waals surface area contributed by atoms with E-state index in [1.807, 2.05) is 20.8 Å². The van der Waals surface area contributed by atoms with E-state index < -0.39 is 11.6 Å². The van der Waals surface area contributed by atoms with Crippen LogP contribution in [0.5, 0.6) is 0 Å². The summed E-state index contributed by atoms with van der Waals surface area (Å²) in [6, 6.07) is 4.72. The van der Waals surface area contributed by atoms with Gasteiger partial charge in [0.15, 0.2) is 0 Å². The number of Topliss-reactive ketones (excluding diaryl/α,β-unsaturated/α-hetero) is 2. The second-order valence-corrected chi connectivity index (χ2v) is 5.22. The lowest BCUT2D eigenvalue weighted by molar-refractivity contribution is -0.112. The van der Waals surface area contributed by atoms with Crippen molar-refractivity contribution in [1.29, 1.82) is 0 Å². The Hall–Kier alpha value is -2.10. The molecule has 100 valence electrons. The molecule has 0 radical (unpaired) electrons. The van der Waals surface area contributed by atoms with E-state index in [0.717, 1.165) is 0 Å². The molecule has 2 rings (SSSR count). The number of benzene rings is 1. The van der Waals surface area contributed by atoms with Gasteiger partial charge in [-0.15, -0.1) is 0 Å². The van der Waals surface area contributed by atoms with Gasteiger partial charge in [-0.05, 0) is 17.9 Å². The Bertz CT molecular complexity index is 599. The minimum absolute atomic E-state index is 0.139. The first-order chi connectivity index (χ1) is 8.86. The Labute approximate surface area is 111 Å². The highest BCUT2D eigenvalue weighted by molar-refractivity contribution is 6.52. The summed E-state index contributed by atoms with van der Waals surface area (Å²) in [7, 11) is 0. The van der Waals surface area contributed by atoms with Crippen molar-refractivity contribution in [3.63, 3.8) is 0 Å². The first-order valence-corrected chi connectivity index (χ1v) is 6.27. The van der Waals surface area contributed by atoms with E-state index in [9.17, 15) is 14.7 Å². The molecule has 1 aliphatic carbocycles. The number of anilines is 1. The van der Waals surface area contributed by atoms with E-state index >= 15 is 0 Å². The van der Waals surface area contributed by atoms with Gasteiger partial charge in [0.05, 0.1) is 5.56 Å². The van der Waals surface area contributed by atoms with Gasteiger partial charge >= 0.3 is 0 Å². The first kappa shape index (κ1) is 13.3. The van der Waals surface area contributed by atoms with Gasteiger partial charge in [0.2, 0.25) is 11.6 Å². The summed E-state index contributed by atoms with van der Waals surface area (Å²) in [5.74, 6) is -1.44. The third kappa shape index (κ3) is 1.93. The summed E-state index contributed by atoms with van der Waals surface area (Å²) in [6.45, 7) is 5.70. The highest BCUT2D eigenvalue weighted by Gasteiger charge is 2.36. The van der Waals surface area contributed by atoms with Gasteiger partial charge in [-0.25, -0.2) is 0 Å². The summed E-state index contributed by atoms with van der Waals surface area (Å²) in [5, 5.41) is 10.3. The largest absolute Gasteiger partial charge is 0.507 e. The van der Waals surface area contributed by atoms with Gasteiger partial charge in [0.25, 0.3) is 0 Å². The smallest absolute Gasteiger partial charge is 0.234 e. The van der Waals surface area contributed by atoms with Crippen molar-refractivity contribution < 1.29 is 14.7 Å². The molecule has 19 heavy (non-hydrogen) atoms. The summed E-state index contributed by atoms with van der Waals surface area (Å²) in [4.78, 5) is 24.2. The van der Waals surface area contributed by atoms with Gasteiger partial charge in [-0.3, -0.25) is 9.59 Å². The van der Waals surface area contributed by atoms with E-state index in [1.54, 1.807) is 12.1 Å². The van der Waals surface area contributed by atoms with Crippen LogP contribution in [0.3, 0.4) is 0 Å². The molecule has 0 fully saturated rings. The lowest BCUT2D eigenvalue weighted by Gasteiger charge is -2.25. The fraction of sp³-hybridized carbons (Fsp3) is 0.333. The van der Waals surface area contributed by atoms with E-state index in [1.165, 1.54) is 6.07 Å². The predicted octanol–water partition coefficient (Wildman–Crippen LogP) is 2.60. The monoisotopic (exact) mass is 259 g/mol. The number of carbonyl (C=O) groups is 2. The zero-order valence-electron chi connectivity index (χ0n) is 11.2. The molecule has 1 atom stereocenters. The molecule has 4 heteroatoms. The zero-order chi connectivity index (χ0) is 14.3. The number of nitrogens with two attached hydrogens (primary N) is 1. The van der Waals surface area contributed by atoms with E-state index in [-0.39, 0.29) is 34.3 Å². The van der Waals surface area contributed by atoms with E-state index in [2.05, 4.69) is 0 Å². The predicted molar refractivity (Wildman–Crippen MR) is 73.7 cm³/mol. The van der Waals surface area contributed by atoms with Gasteiger partial charge in [0, 0.05) is 16.8 Å². The van der Waals surface area contributed by atoms with Gasteiger partial charge in [0.1, 0.15) is 5.76 Å². The SMILES string of the molecule is CC(C)C(C)C1=C(O)c2c(N)cccc2C(=O)C1=O. The standard InChI is InChI=1S/C15H17NO3/c1-7(2)8(3)11-14(18)12-9(13(17)15(11)19)5-4-6-10(12)16/h4-8,18H,16H2,1-3H3. The minimum atomic E-state index is -0.628. The molecule has 1 aromatic carbocycles. The van der Waals surface area contributed by atoms with Crippen LogP contribution < -0.4 is 5.73 Å². The molecule has 0 aromatic heterocycles. The lowest BCUT2D eigenvalue weighted by Crippen LogP contribution is -2.29. The zero-order valence-corrected chi connectivity index (χ0v) is 11.2. The summed E-state index contributed by atoms with van der Waals surface area (Å²) < 4.78 is 0. The molecule has 0 spiro atoms. The number of rotatable bonds is 2. The minimum Gasteiger partial charge on any atom is -0.507 e. The molecule has 0 aliphatic heterocycles. The molecular formula is C15H17NO3. The van der Waals surface area contributed by atoms with Crippen molar-refractivity contribution >= 4 is 23.0 Å². The molecule has 0 heterocycles. The highest BCUT2D eigenvalue weighted by Crippen LogP contribution is 2.36. The van der Waals surface area contributed by atoms with Crippen LogP contribution >= 0.6 is 0 Å². The van der Waals surface area contributed by atoms with Crippen LogP contribution in [0.1, 0.15) is 36.7 Å². The Balaban J connectivity index is 2.74. The van der Waals surface area contributed by atoms with Gasteiger partial charge in [-0.2, -0.15) is 0 Å². The highest BCUT2D eigenvalue weighted by atomic mass is 16.3. The Morgan fingerprint density at radius 2 is 1.74 bits per heavy atom. The van der Waals surface area contributed by atoms with Crippen molar-refractivity contribution in [2.75, 3.05) is 5.73 Å². The average molecular weight is 259 g/mol. The van der Waals surface area contributed by atoms with Crippen LogP contribution in [-0.2, 0) is 4.79 Å². The Morgan fingerprint density at radius 3 is 2.32 bits per heavy atom. The van der Waals surface area contributed by atoms with E-state index in [4.69, 9.17) is 5.73 Å². The Kier molecular flexibility index (Phi) is 3.18. The molecule has 0 saturated heterocycles.